The number of aryl methyl sites for hydroxylation is 1. The van der Waals surface area contributed by atoms with Crippen molar-refractivity contribution in [2.45, 2.75) is 13.8 Å². The third-order valence-electron chi connectivity index (χ3n) is 2.45. The van der Waals surface area contributed by atoms with Crippen LogP contribution in [0.2, 0.25) is 0 Å². The van der Waals surface area contributed by atoms with E-state index in [-0.39, 0.29) is 0 Å². The van der Waals surface area contributed by atoms with E-state index >= 15 is 0 Å². The molecule has 3 heteroatoms. The number of aromatic nitrogens is 1. The van der Waals surface area contributed by atoms with Crippen molar-refractivity contribution in [1.29, 1.82) is 5.26 Å². The van der Waals surface area contributed by atoms with Crippen molar-refractivity contribution in [1.82, 2.24) is 4.98 Å². The van der Waals surface area contributed by atoms with Gasteiger partial charge in [-0.2, -0.15) is 5.26 Å². The Morgan fingerprint density at radius 2 is 2.00 bits per heavy atom. The van der Waals surface area contributed by atoms with E-state index in [2.05, 4.69) is 11.1 Å². The number of fused-ring (bicyclic) bond motifs is 1. The molecule has 16 heavy (non-hydrogen) atoms. The van der Waals surface area contributed by atoms with Crippen molar-refractivity contribution >= 4 is 10.8 Å². The molecule has 0 aliphatic rings. The summed E-state index contributed by atoms with van der Waals surface area (Å²) in [6, 6.07) is 9.87. The van der Waals surface area contributed by atoms with Gasteiger partial charge in [-0.25, -0.2) is 4.98 Å². The van der Waals surface area contributed by atoms with Crippen molar-refractivity contribution in [3.63, 3.8) is 0 Å². The number of hydrogen-bond acceptors (Lipinski definition) is 3. The van der Waals surface area contributed by atoms with E-state index in [1.54, 1.807) is 0 Å². The molecule has 80 valence electrons. The van der Waals surface area contributed by atoms with E-state index in [1.807, 2.05) is 38.1 Å². The van der Waals surface area contributed by atoms with Gasteiger partial charge in [-0.15, -0.1) is 0 Å². The van der Waals surface area contributed by atoms with Crippen molar-refractivity contribution in [2.24, 2.45) is 0 Å². The molecule has 1 aromatic carbocycles. The molecule has 0 bridgehead atoms. The van der Waals surface area contributed by atoms with Crippen molar-refractivity contribution in [3.05, 3.63) is 35.5 Å². The molecule has 0 spiro atoms. The molecule has 2 rings (SSSR count). The fourth-order valence-corrected chi connectivity index (χ4v) is 1.74. The van der Waals surface area contributed by atoms with Crippen LogP contribution in [0.3, 0.4) is 0 Å². The number of hydrogen-bond donors (Lipinski definition) is 0. The molecule has 0 saturated heterocycles. The molecule has 0 N–H and O–H groups in total. The Labute approximate surface area is 94.3 Å². The summed E-state index contributed by atoms with van der Waals surface area (Å²) in [7, 11) is 0. The lowest BCUT2D eigenvalue weighted by molar-refractivity contribution is 0.330. The maximum atomic E-state index is 9.11. The SMILES string of the molecule is CCOc1nc(C)c(C#N)c2ccccc12. The highest BCUT2D eigenvalue weighted by Crippen LogP contribution is 2.27. The minimum absolute atomic E-state index is 0.572. The topological polar surface area (TPSA) is 45.9 Å². The van der Waals surface area contributed by atoms with Crippen LogP contribution in [-0.2, 0) is 0 Å². The fourth-order valence-electron chi connectivity index (χ4n) is 1.74. The number of rotatable bonds is 2. The van der Waals surface area contributed by atoms with Crippen LogP contribution in [0.15, 0.2) is 24.3 Å². The molecule has 0 fully saturated rings. The summed E-state index contributed by atoms with van der Waals surface area (Å²) in [5.74, 6) is 0.606. The molecule has 3 nitrogen and oxygen atoms in total. The highest BCUT2D eigenvalue weighted by molar-refractivity contribution is 5.92. The van der Waals surface area contributed by atoms with Gasteiger partial charge in [-0.1, -0.05) is 18.2 Å². The fraction of sp³-hybridized carbons (Fsp3) is 0.231. The molecule has 1 heterocycles. The van der Waals surface area contributed by atoms with Gasteiger partial charge >= 0.3 is 0 Å². The van der Waals surface area contributed by atoms with Gasteiger partial charge in [0, 0.05) is 10.8 Å². The Morgan fingerprint density at radius 3 is 2.62 bits per heavy atom. The minimum Gasteiger partial charge on any atom is -0.478 e. The Hall–Kier alpha value is -2.08. The van der Waals surface area contributed by atoms with Crippen LogP contribution in [0.1, 0.15) is 18.2 Å². The van der Waals surface area contributed by atoms with Gasteiger partial charge in [0.2, 0.25) is 5.88 Å². The van der Waals surface area contributed by atoms with E-state index in [0.29, 0.717) is 23.7 Å². The summed E-state index contributed by atoms with van der Waals surface area (Å²) in [6.07, 6.45) is 0. The number of ether oxygens (including phenoxy) is 1. The van der Waals surface area contributed by atoms with Crippen LogP contribution < -0.4 is 4.74 Å². The lowest BCUT2D eigenvalue weighted by Gasteiger charge is -2.09. The number of nitriles is 1. The first-order chi connectivity index (χ1) is 7.77. The van der Waals surface area contributed by atoms with Crippen molar-refractivity contribution in [3.8, 4) is 11.9 Å². The summed E-state index contributed by atoms with van der Waals surface area (Å²) in [6.45, 7) is 4.32. The summed E-state index contributed by atoms with van der Waals surface area (Å²) in [5.41, 5.74) is 1.34. The van der Waals surface area contributed by atoms with E-state index < -0.39 is 0 Å². The smallest absolute Gasteiger partial charge is 0.221 e. The summed E-state index contributed by atoms with van der Waals surface area (Å²) in [5, 5.41) is 10.9. The first-order valence-electron chi connectivity index (χ1n) is 5.20. The van der Waals surface area contributed by atoms with Crippen LogP contribution in [0.5, 0.6) is 5.88 Å². The summed E-state index contributed by atoms with van der Waals surface area (Å²) in [4.78, 5) is 4.32. The Bertz CT molecular complexity index is 570. The molecule has 0 unspecified atom stereocenters. The van der Waals surface area contributed by atoms with Gasteiger partial charge < -0.3 is 4.74 Å². The maximum Gasteiger partial charge on any atom is 0.221 e. The molecule has 0 aliphatic carbocycles. The third-order valence-corrected chi connectivity index (χ3v) is 2.45. The first kappa shape index (κ1) is 10.4. The first-order valence-corrected chi connectivity index (χ1v) is 5.20. The molecule has 2 aromatic rings. The van der Waals surface area contributed by atoms with Gasteiger partial charge in [0.25, 0.3) is 0 Å². The number of nitrogens with zero attached hydrogens (tertiary/aromatic N) is 2. The van der Waals surface area contributed by atoms with Crippen molar-refractivity contribution in [2.75, 3.05) is 6.61 Å². The average molecular weight is 212 g/mol. The summed E-state index contributed by atoms with van der Waals surface area (Å²) < 4.78 is 5.48. The number of benzene rings is 1. The highest BCUT2D eigenvalue weighted by Gasteiger charge is 2.10. The Kier molecular flexibility index (Phi) is 2.74. The second kappa shape index (κ2) is 4.19. The molecule has 0 saturated carbocycles. The van der Waals surface area contributed by atoms with Gasteiger partial charge in [-0.3, -0.25) is 0 Å². The molecule has 0 aliphatic heterocycles. The molecule has 0 radical (unpaired) electrons. The van der Waals surface area contributed by atoms with Crippen molar-refractivity contribution < 1.29 is 4.74 Å². The van der Waals surface area contributed by atoms with Crippen LogP contribution >= 0.6 is 0 Å². The van der Waals surface area contributed by atoms with Gasteiger partial charge in [-0.05, 0) is 19.9 Å². The molecule has 0 atom stereocenters. The third kappa shape index (κ3) is 1.59. The minimum atomic E-state index is 0.572. The summed E-state index contributed by atoms with van der Waals surface area (Å²) >= 11 is 0. The molecule has 0 amide bonds. The predicted molar refractivity (Wildman–Crippen MR) is 62.4 cm³/mol. The zero-order chi connectivity index (χ0) is 11.5. The lowest BCUT2D eigenvalue weighted by atomic mass is 10.1. The van der Waals surface area contributed by atoms with Gasteiger partial charge in [0.15, 0.2) is 0 Å². The number of pyridine rings is 1. The highest BCUT2D eigenvalue weighted by atomic mass is 16.5. The monoisotopic (exact) mass is 212 g/mol. The quantitative estimate of drug-likeness (QED) is 0.768. The molecular weight excluding hydrogens is 200 g/mol. The maximum absolute atomic E-state index is 9.11. The Balaban J connectivity index is 2.81. The zero-order valence-corrected chi connectivity index (χ0v) is 9.32. The van der Waals surface area contributed by atoms with Gasteiger partial charge in [0.05, 0.1) is 17.9 Å². The second-order valence-corrected chi connectivity index (χ2v) is 3.47. The van der Waals surface area contributed by atoms with Gasteiger partial charge in [0.1, 0.15) is 6.07 Å². The van der Waals surface area contributed by atoms with E-state index in [0.717, 1.165) is 10.8 Å². The predicted octanol–water partition coefficient (Wildman–Crippen LogP) is 2.81. The molecular formula is C13H12N2O. The standard InChI is InChI=1S/C13H12N2O/c1-3-16-13-11-7-5-4-6-10(11)12(8-14)9(2)15-13/h4-7H,3H2,1-2H3. The lowest BCUT2D eigenvalue weighted by Crippen LogP contribution is -1.99. The van der Waals surface area contributed by atoms with Crippen LogP contribution in [-0.4, -0.2) is 11.6 Å². The van der Waals surface area contributed by atoms with E-state index in [4.69, 9.17) is 10.00 Å². The zero-order valence-electron chi connectivity index (χ0n) is 9.32. The normalized spacial score (nSPS) is 10.1. The largest absolute Gasteiger partial charge is 0.478 e. The van der Waals surface area contributed by atoms with Crippen LogP contribution in [0, 0.1) is 18.3 Å². The van der Waals surface area contributed by atoms with E-state index in [9.17, 15) is 0 Å². The van der Waals surface area contributed by atoms with Crippen LogP contribution in [0.4, 0.5) is 0 Å². The Morgan fingerprint density at radius 1 is 1.31 bits per heavy atom. The second-order valence-electron chi connectivity index (χ2n) is 3.47. The van der Waals surface area contributed by atoms with E-state index in [1.165, 1.54) is 0 Å². The van der Waals surface area contributed by atoms with Crippen LogP contribution in [0.25, 0.3) is 10.8 Å². The average Bonchev–Trinajstić information content (AvgIpc) is 2.30. The molecule has 1 aromatic heterocycles.